The van der Waals surface area contributed by atoms with E-state index in [0.29, 0.717) is 32.5 Å². The molecule has 1 aromatic rings. The molecular weight excluding hydrogens is 318 g/mol. The summed E-state index contributed by atoms with van der Waals surface area (Å²) in [6, 6.07) is 3.72. The van der Waals surface area contributed by atoms with Crippen LogP contribution in [0, 0.1) is 0 Å². The first-order valence-corrected chi connectivity index (χ1v) is 9.19. The summed E-state index contributed by atoms with van der Waals surface area (Å²) < 4.78 is 39.0. The van der Waals surface area contributed by atoms with Crippen molar-refractivity contribution in [2.45, 2.75) is 31.0 Å². The largest absolute Gasteiger partial charge is 0.486 e. The number of aromatic nitrogens is 1. The zero-order valence-electron chi connectivity index (χ0n) is 13.5. The molecule has 0 aromatic carbocycles. The number of rotatable bonds is 4. The van der Waals surface area contributed by atoms with E-state index in [2.05, 4.69) is 4.98 Å². The monoisotopic (exact) mass is 341 g/mol. The van der Waals surface area contributed by atoms with E-state index in [9.17, 15) is 8.42 Å². The Morgan fingerprint density at radius 3 is 2.74 bits per heavy atom. The first-order chi connectivity index (χ1) is 10.9. The summed E-state index contributed by atoms with van der Waals surface area (Å²) in [5, 5.41) is 0. The van der Waals surface area contributed by atoms with Crippen LogP contribution in [0.4, 0.5) is 0 Å². The van der Waals surface area contributed by atoms with Crippen molar-refractivity contribution in [1.29, 1.82) is 0 Å². The lowest BCUT2D eigenvalue weighted by Gasteiger charge is -2.38. The molecular formula is C15H23N3O4S. The van der Waals surface area contributed by atoms with Gasteiger partial charge in [0.25, 0.3) is 10.2 Å². The molecule has 8 heteroatoms. The van der Waals surface area contributed by atoms with Crippen molar-refractivity contribution >= 4 is 10.2 Å². The average molecular weight is 341 g/mol. The fourth-order valence-electron chi connectivity index (χ4n) is 3.19. The predicted molar refractivity (Wildman–Crippen MR) is 85.4 cm³/mol. The Kier molecular flexibility index (Phi) is 4.59. The van der Waals surface area contributed by atoms with Crippen LogP contribution >= 0.6 is 0 Å². The molecule has 1 atom stereocenters. The van der Waals surface area contributed by atoms with E-state index < -0.39 is 10.2 Å². The van der Waals surface area contributed by atoms with Crippen molar-refractivity contribution < 1.29 is 17.9 Å². The summed E-state index contributed by atoms with van der Waals surface area (Å²) in [5.74, 6) is 0.741. The lowest BCUT2D eigenvalue weighted by molar-refractivity contribution is -0.0325. The fraction of sp³-hybridized carbons (Fsp3) is 0.667. The molecule has 2 fully saturated rings. The van der Waals surface area contributed by atoms with Crippen molar-refractivity contribution in [3.63, 3.8) is 0 Å². The molecule has 0 amide bonds. The minimum Gasteiger partial charge on any atom is -0.486 e. The van der Waals surface area contributed by atoms with Crippen molar-refractivity contribution in [2.75, 3.05) is 33.8 Å². The second-order valence-corrected chi connectivity index (χ2v) is 8.46. The van der Waals surface area contributed by atoms with Gasteiger partial charge in [-0.3, -0.25) is 4.98 Å². The Balaban J connectivity index is 1.57. The van der Waals surface area contributed by atoms with Crippen LogP contribution in [0.3, 0.4) is 0 Å². The number of nitrogens with zero attached hydrogens (tertiary/aromatic N) is 3. The van der Waals surface area contributed by atoms with Gasteiger partial charge in [0.1, 0.15) is 11.9 Å². The SMILES string of the molecule is CN(C)S(=O)(=O)N1CCC2(CC1)CC(Oc1cccnc1)CO2. The number of pyridine rings is 1. The Bertz CT molecular complexity index is 627. The predicted octanol–water partition coefficient (Wildman–Crippen LogP) is 0.890. The summed E-state index contributed by atoms with van der Waals surface area (Å²) in [5.41, 5.74) is -0.259. The van der Waals surface area contributed by atoms with Crippen LogP contribution in [0.5, 0.6) is 5.75 Å². The highest BCUT2D eigenvalue weighted by Crippen LogP contribution is 2.38. The summed E-state index contributed by atoms with van der Waals surface area (Å²) in [6.07, 6.45) is 5.59. The highest BCUT2D eigenvalue weighted by atomic mass is 32.2. The van der Waals surface area contributed by atoms with E-state index in [1.54, 1.807) is 26.5 Å². The van der Waals surface area contributed by atoms with Crippen LogP contribution in [0.2, 0.25) is 0 Å². The molecule has 128 valence electrons. The van der Waals surface area contributed by atoms with Gasteiger partial charge in [-0.05, 0) is 25.0 Å². The number of hydrogen-bond acceptors (Lipinski definition) is 5. The second-order valence-electron chi connectivity index (χ2n) is 6.32. The zero-order valence-corrected chi connectivity index (χ0v) is 14.3. The second kappa shape index (κ2) is 6.35. The molecule has 3 heterocycles. The molecule has 1 unspecified atom stereocenters. The molecule has 0 N–H and O–H groups in total. The van der Waals surface area contributed by atoms with Crippen LogP contribution in [0.15, 0.2) is 24.5 Å². The van der Waals surface area contributed by atoms with E-state index in [0.717, 1.165) is 12.2 Å². The van der Waals surface area contributed by atoms with Crippen molar-refractivity contribution in [1.82, 2.24) is 13.6 Å². The molecule has 0 radical (unpaired) electrons. The lowest BCUT2D eigenvalue weighted by Crippen LogP contribution is -2.49. The molecule has 2 aliphatic heterocycles. The Morgan fingerprint density at radius 2 is 2.13 bits per heavy atom. The van der Waals surface area contributed by atoms with Gasteiger partial charge in [0.2, 0.25) is 0 Å². The van der Waals surface area contributed by atoms with Gasteiger partial charge in [-0.2, -0.15) is 17.0 Å². The van der Waals surface area contributed by atoms with E-state index in [1.807, 2.05) is 12.1 Å². The molecule has 0 aliphatic carbocycles. The van der Waals surface area contributed by atoms with Gasteiger partial charge in [-0.1, -0.05) is 0 Å². The number of piperidine rings is 1. The Labute approximate surface area is 137 Å². The summed E-state index contributed by atoms with van der Waals surface area (Å²) in [7, 11) is -0.219. The molecule has 0 saturated carbocycles. The van der Waals surface area contributed by atoms with Gasteiger partial charge < -0.3 is 9.47 Å². The highest BCUT2D eigenvalue weighted by molar-refractivity contribution is 7.86. The molecule has 23 heavy (non-hydrogen) atoms. The molecule has 0 bridgehead atoms. The normalized spacial score (nSPS) is 25.1. The van der Waals surface area contributed by atoms with Crippen LogP contribution in [-0.2, 0) is 14.9 Å². The maximum absolute atomic E-state index is 12.2. The smallest absolute Gasteiger partial charge is 0.281 e. The third-order valence-electron chi connectivity index (χ3n) is 4.53. The van der Waals surface area contributed by atoms with Crippen molar-refractivity contribution in [2.24, 2.45) is 0 Å². The van der Waals surface area contributed by atoms with E-state index in [4.69, 9.17) is 9.47 Å². The van der Waals surface area contributed by atoms with E-state index >= 15 is 0 Å². The van der Waals surface area contributed by atoms with Gasteiger partial charge in [0.15, 0.2) is 0 Å². The standard InChI is InChI=1S/C15H23N3O4S/c1-17(2)23(19,20)18-8-5-15(6-9-18)10-14(12-21-15)22-13-4-3-7-16-11-13/h3-4,7,11,14H,5-6,8-10,12H2,1-2H3. The summed E-state index contributed by atoms with van der Waals surface area (Å²) in [4.78, 5) is 4.04. The summed E-state index contributed by atoms with van der Waals surface area (Å²) >= 11 is 0. The van der Waals surface area contributed by atoms with Gasteiger partial charge in [-0.25, -0.2) is 0 Å². The van der Waals surface area contributed by atoms with Gasteiger partial charge >= 0.3 is 0 Å². The third kappa shape index (κ3) is 3.50. The Hall–Kier alpha value is -1.22. The Morgan fingerprint density at radius 1 is 1.39 bits per heavy atom. The maximum Gasteiger partial charge on any atom is 0.281 e. The number of ether oxygens (including phenoxy) is 2. The first-order valence-electron chi connectivity index (χ1n) is 7.80. The van der Waals surface area contributed by atoms with E-state index in [1.165, 1.54) is 8.61 Å². The third-order valence-corrected chi connectivity index (χ3v) is 6.47. The van der Waals surface area contributed by atoms with Gasteiger partial charge in [0.05, 0.1) is 18.4 Å². The molecule has 7 nitrogen and oxygen atoms in total. The first kappa shape index (κ1) is 16.6. The highest BCUT2D eigenvalue weighted by Gasteiger charge is 2.45. The van der Waals surface area contributed by atoms with Crippen LogP contribution in [-0.4, -0.2) is 67.5 Å². The van der Waals surface area contributed by atoms with E-state index in [-0.39, 0.29) is 11.7 Å². The number of hydrogen-bond donors (Lipinski definition) is 0. The van der Waals surface area contributed by atoms with Crippen LogP contribution in [0.25, 0.3) is 0 Å². The fourth-order valence-corrected chi connectivity index (χ4v) is 4.30. The molecule has 2 aliphatic rings. The topological polar surface area (TPSA) is 72.0 Å². The van der Waals surface area contributed by atoms with Crippen molar-refractivity contribution in [3.05, 3.63) is 24.5 Å². The van der Waals surface area contributed by atoms with Gasteiger partial charge in [0, 0.05) is 39.8 Å². The summed E-state index contributed by atoms with van der Waals surface area (Å²) in [6.45, 7) is 1.51. The zero-order chi connectivity index (χ0) is 16.5. The van der Waals surface area contributed by atoms with Crippen molar-refractivity contribution in [3.8, 4) is 5.75 Å². The minimum absolute atomic E-state index is 0.00351. The minimum atomic E-state index is -3.34. The average Bonchev–Trinajstić information content (AvgIpc) is 2.91. The van der Waals surface area contributed by atoms with Crippen LogP contribution < -0.4 is 4.74 Å². The molecule has 3 rings (SSSR count). The van der Waals surface area contributed by atoms with Crippen LogP contribution in [0.1, 0.15) is 19.3 Å². The van der Waals surface area contributed by atoms with Gasteiger partial charge in [-0.15, -0.1) is 0 Å². The molecule has 1 spiro atoms. The molecule has 2 saturated heterocycles. The maximum atomic E-state index is 12.2. The lowest BCUT2D eigenvalue weighted by atomic mass is 9.89. The molecule has 1 aromatic heterocycles. The quantitative estimate of drug-likeness (QED) is 0.813.